The number of rotatable bonds is 5. The molecule has 1 saturated carbocycles. The van der Waals surface area contributed by atoms with E-state index in [2.05, 4.69) is 5.32 Å². The van der Waals surface area contributed by atoms with Gasteiger partial charge in [-0.2, -0.15) is 0 Å². The second-order valence-electron chi connectivity index (χ2n) is 5.91. The van der Waals surface area contributed by atoms with Crippen LogP contribution in [-0.2, 0) is 9.53 Å². The number of hydrogen-bond donors (Lipinski definition) is 1. The molecule has 0 bridgehead atoms. The number of carbonyl (C=O) groups is 2. The minimum absolute atomic E-state index is 0.223. The average Bonchev–Trinajstić information content (AvgIpc) is 2.97. The molecule has 1 fully saturated rings. The standard InChI is InChI=1S/C17H24N2O3/c1-4-22-16(21)17(10-5-6-11-17)18-15(20)13-8-7-9-14(12-13)19(2)3/h7-9,12H,4-6,10-11H2,1-3H3,(H,18,20). The highest BCUT2D eigenvalue weighted by Gasteiger charge is 2.43. The Kier molecular flexibility index (Phi) is 5.06. The maximum Gasteiger partial charge on any atom is 0.331 e. The maximum absolute atomic E-state index is 12.6. The number of carbonyl (C=O) groups excluding carboxylic acids is 2. The summed E-state index contributed by atoms with van der Waals surface area (Å²) in [6.07, 6.45) is 3.14. The van der Waals surface area contributed by atoms with Crippen LogP contribution in [0.4, 0.5) is 5.69 Å². The van der Waals surface area contributed by atoms with Crippen LogP contribution in [-0.4, -0.2) is 38.1 Å². The van der Waals surface area contributed by atoms with Crippen LogP contribution in [0.5, 0.6) is 0 Å². The molecule has 5 nitrogen and oxygen atoms in total. The highest BCUT2D eigenvalue weighted by Crippen LogP contribution is 2.31. The van der Waals surface area contributed by atoms with Gasteiger partial charge in [-0.1, -0.05) is 18.9 Å². The van der Waals surface area contributed by atoms with E-state index < -0.39 is 5.54 Å². The van der Waals surface area contributed by atoms with Gasteiger partial charge in [-0.15, -0.1) is 0 Å². The van der Waals surface area contributed by atoms with Crippen molar-refractivity contribution in [3.8, 4) is 0 Å². The minimum Gasteiger partial charge on any atom is -0.464 e. The van der Waals surface area contributed by atoms with Crippen molar-refractivity contribution in [3.63, 3.8) is 0 Å². The Labute approximate surface area is 131 Å². The Morgan fingerprint density at radius 3 is 2.55 bits per heavy atom. The second kappa shape index (κ2) is 6.81. The minimum atomic E-state index is -0.860. The SMILES string of the molecule is CCOC(=O)C1(NC(=O)c2cccc(N(C)C)c2)CCCC1. The Morgan fingerprint density at radius 2 is 1.95 bits per heavy atom. The van der Waals surface area contributed by atoms with Gasteiger partial charge in [-0.25, -0.2) is 4.79 Å². The lowest BCUT2D eigenvalue weighted by Gasteiger charge is -2.28. The first-order valence-corrected chi connectivity index (χ1v) is 7.75. The van der Waals surface area contributed by atoms with Gasteiger partial charge in [0.2, 0.25) is 0 Å². The Bertz CT molecular complexity index is 549. The molecule has 0 atom stereocenters. The lowest BCUT2D eigenvalue weighted by Crippen LogP contribution is -2.53. The smallest absolute Gasteiger partial charge is 0.331 e. The molecule has 0 radical (unpaired) electrons. The first kappa shape index (κ1) is 16.3. The molecule has 0 saturated heterocycles. The van der Waals surface area contributed by atoms with Gasteiger partial charge in [-0.3, -0.25) is 4.79 Å². The van der Waals surface area contributed by atoms with Gasteiger partial charge in [0.05, 0.1) is 6.61 Å². The van der Waals surface area contributed by atoms with E-state index in [0.717, 1.165) is 18.5 Å². The Balaban J connectivity index is 2.18. The number of nitrogens with one attached hydrogen (secondary N) is 1. The molecular formula is C17H24N2O3. The van der Waals surface area contributed by atoms with Crippen molar-refractivity contribution in [1.82, 2.24) is 5.32 Å². The van der Waals surface area contributed by atoms with Crippen LogP contribution in [0.25, 0.3) is 0 Å². The summed E-state index contributed by atoms with van der Waals surface area (Å²) in [6.45, 7) is 2.11. The third-order valence-electron chi connectivity index (χ3n) is 4.10. The topological polar surface area (TPSA) is 58.6 Å². The summed E-state index contributed by atoms with van der Waals surface area (Å²) in [5.41, 5.74) is 0.646. The summed E-state index contributed by atoms with van der Waals surface area (Å²) in [5.74, 6) is -0.539. The van der Waals surface area contributed by atoms with E-state index in [0.29, 0.717) is 25.0 Å². The molecule has 0 unspecified atom stereocenters. The lowest BCUT2D eigenvalue weighted by molar-refractivity contribution is -0.150. The molecule has 1 N–H and O–H groups in total. The average molecular weight is 304 g/mol. The fourth-order valence-corrected chi connectivity index (χ4v) is 2.84. The monoisotopic (exact) mass is 304 g/mol. The van der Waals surface area contributed by atoms with Crippen LogP contribution in [0, 0.1) is 0 Å². The molecule has 1 amide bonds. The Hall–Kier alpha value is -2.04. The predicted molar refractivity (Wildman–Crippen MR) is 86.1 cm³/mol. The highest BCUT2D eigenvalue weighted by molar-refractivity contribution is 5.99. The van der Waals surface area contributed by atoms with Gasteiger partial charge in [-0.05, 0) is 38.0 Å². The van der Waals surface area contributed by atoms with E-state index in [1.165, 1.54) is 0 Å². The first-order valence-electron chi connectivity index (χ1n) is 7.75. The fourth-order valence-electron chi connectivity index (χ4n) is 2.84. The van der Waals surface area contributed by atoms with E-state index in [1.807, 2.05) is 37.2 Å². The molecule has 1 aliphatic rings. The zero-order valence-electron chi connectivity index (χ0n) is 13.5. The molecular weight excluding hydrogens is 280 g/mol. The summed E-state index contributed by atoms with van der Waals surface area (Å²) in [7, 11) is 3.85. The summed E-state index contributed by atoms with van der Waals surface area (Å²) >= 11 is 0. The fraction of sp³-hybridized carbons (Fsp3) is 0.529. The normalized spacial score (nSPS) is 16.1. The van der Waals surface area contributed by atoms with Gasteiger partial charge in [0.1, 0.15) is 5.54 Å². The van der Waals surface area contributed by atoms with Crippen LogP contribution in [0.3, 0.4) is 0 Å². The molecule has 5 heteroatoms. The van der Waals surface area contributed by atoms with Gasteiger partial charge in [0.25, 0.3) is 5.91 Å². The molecule has 0 aliphatic heterocycles. The number of benzene rings is 1. The molecule has 22 heavy (non-hydrogen) atoms. The van der Waals surface area contributed by atoms with Crippen molar-refractivity contribution in [3.05, 3.63) is 29.8 Å². The molecule has 2 rings (SSSR count). The summed E-state index contributed by atoms with van der Waals surface area (Å²) in [4.78, 5) is 26.8. The van der Waals surface area contributed by atoms with Crippen molar-refractivity contribution in [2.24, 2.45) is 0 Å². The van der Waals surface area contributed by atoms with E-state index in [-0.39, 0.29) is 11.9 Å². The Morgan fingerprint density at radius 1 is 1.27 bits per heavy atom. The predicted octanol–water partition coefficient (Wildman–Crippen LogP) is 2.36. The van der Waals surface area contributed by atoms with Gasteiger partial charge < -0.3 is 15.0 Å². The first-order chi connectivity index (χ1) is 10.5. The van der Waals surface area contributed by atoms with Crippen molar-refractivity contribution in [1.29, 1.82) is 0 Å². The quantitative estimate of drug-likeness (QED) is 0.848. The van der Waals surface area contributed by atoms with Crippen LogP contribution in [0.15, 0.2) is 24.3 Å². The molecule has 120 valence electrons. The second-order valence-corrected chi connectivity index (χ2v) is 5.91. The molecule has 0 aromatic heterocycles. The van der Waals surface area contributed by atoms with Crippen LogP contribution in [0.1, 0.15) is 43.0 Å². The third kappa shape index (κ3) is 3.40. The number of esters is 1. The van der Waals surface area contributed by atoms with Crippen molar-refractivity contribution in [2.45, 2.75) is 38.1 Å². The zero-order chi connectivity index (χ0) is 16.2. The van der Waals surface area contributed by atoms with Crippen LogP contribution >= 0.6 is 0 Å². The third-order valence-corrected chi connectivity index (χ3v) is 4.10. The highest BCUT2D eigenvalue weighted by atomic mass is 16.5. The van der Waals surface area contributed by atoms with Crippen molar-refractivity contribution in [2.75, 3.05) is 25.6 Å². The number of anilines is 1. The molecule has 0 heterocycles. The number of ether oxygens (including phenoxy) is 1. The molecule has 1 aliphatic carbocycles. The van der Waals surface area contributed by atoms with E-state index in [1.54, 1.807) is 13.0 Å². The van der Waals surface area contributed by atoms with Crippen LogP contribution in [0.2, 0.25) is 0 Å². The van der Waals surface area contributed by atoms with Gasteiger partial charge >= 0.3 is 5.97 Å². The zero-order valence-corrected chi connectivity index (χ0v) is 13.5. The van der Waals surface area contributed by atoms with Crippen molar-refractivity contribution < 1.29 is 14.3 Å². The van der Waals surface area contributed by atoms with E-state index in [4.69, 9.17) is 4.74 Å². The molecule has 1 aromatic rings. The lowest BCUT2D eigenvalue weighted by atomic mass is 9.97. The number of nitrogens with zero attached hydrogens (tertiary/aromatic N) is 1. The van der Waals surface area contributed by atoms with Crippen molar-refractivity contribution >= 4 is 17.6 Å². The van der Waals surface area contributed by atoms with Crippen LogP contribution < -0.4 is 10.2 Å². The number of amides is 1. The molecule has 1 aromatic carbocycles. The summed E-state index contributed by atoms with van der Waals surface area (Å²) in [6, 6.07) is 7.36. The van der Waals surface area contributed by atoms with E-state index in [9.17, 15) is 9.59 Å². The maximum atomic E-state index is 12.6. The molecule has 0 spiro atoms. The summed E-state index contributed by atoms with van der Waals surface area (Å²) in [5, 5.41) is 2.93. The number of hydrogen-bond acceptors (Lipinski definition) is 4. The summed E-state index contributed by atoms with van der Waals surface area (Å²) < 4.78 is 5.17. The van der Waals surface area contributed by atoms with Gasteiger partial charge in [0.15, 0.2) is 0 Å². The van der Waals surface area contributed by atoms with Gasteiger partial charge in [0, 0.05) is 25.3 Å². The van der Waals surface area contributed by atoms with E-state index >= 15 is 0 Å². The largest absolute Gasteiger partial charge is 0.464 e.